The topological polar surface area (TPSA) is 40.1 Å². The van der Waals surface area contributed by atoms with Crippen LogP contribution in [0.15, 0.2) is 23.2 Å². The fourth-order valence-corrected chi connectivity index (χ4v) is 3.41. The van der Waals surface area contributed by atoms with Crippen molar-refractivity contribution in [2.24, 2.45) is 4.99 Å². The predicted octanol–water partition coefficient (Wildman–Crippen LogP) is 2.72. The smallest absolute Gasteiger partial charge is 0.193 e. The van der Waals surface area contributed by atoms with Gasteiger partial charge < -0.3 is 19.9 Å². The van der Waals surface area contributed by atoms with E-state index < -0.39 is 0 Å². The lowest BCUT2D eigenvalue weighted by molar-refractivity contribution is 0.248. The molecule has 1 aliphatic carbocycles. The second-order valence-electron chi connectivity index (χ2n) is 6.72. The van der Waals surface area contributed by atoms with Gasteiger partial charge in [0, 0.05) is 39.8 Å². The molecule has 140 valence electrons. The van der Waals surface area contributed by atoms with Gasteiger partial charge in [-0.3, -0.25) is 4.99 Å². The second kappa shape index (κ2) is 9.61. The van der Waals surface area contributed by atoms with E-state index in [9.17, 15) is 4.39 Å². The fourth-order valence-electron chi connectivity index (χ4n) is 3.41. The Labute approximate surface area is 150 Å². The minimum atomic E-state index is -0.338. The van der Waals surface area contributed by atoms with Crippen LogP contribution in [0.1, 0.15) is 31.2 Å². The van der Waals surface area contributed by atoms with E-state index >= 15 is 0 Å². The highest BCUT2D eigenvalue weighted by atomic mass is 19.1. The molecule has 0 amide bonds. The molecule has 1 N–H and O–H groups in total. The van der Waals surface area contributed by atoms with Gasteiger partial charge in [0.2, 0.25) is 0 Å². The van der Waals surface area contributed by atoms with E-state index in [-0.39, 0.29) is 11.6 Å². The number of rotatable bonds is 7. The Balaban J connectivity index is 1.82. The lowest BCUT2D eigenvalue weighted by Crippen LogP contribution is -2.43. The maximum atomic E-state index is 13.8. The summed E-state index contributed by atoms with van der Waals surface area (Å²) in [5, 5.41) is 3.40. The Hall–Kier alpha value is -1.82. The third-order valence-electron chi connectivity index (χ3n) is 4.90. The maximum Gasteiger partial charge on any atom is 0.193 e. The zero-order chi connectivity index (χ0) is 18.2. The summed E-state index contributed by atoms with van der Waals surface area (Å²) in [5.41, 5.74) is 0.881. The normalized spacial score (nSPS) is 15.7. The van der Waals surface area contributed by atoms with Crippen molar-refractivity contribution in [1.82, 2.24) is 15.1 Å². The molecule has 0 unspecified atom stereocenters. The van der Waals surface area contributed by atoms with Crippen LogP contribution in [0.3, 0.4) is 0 Å². The van der Waals surface area contributed by atoms with Crippen LogP contribution in [0.25, 0.3) is 0 Å². The molecule has 6 heteroatoms. The Kier molecular flexibility index (Phi) is 7.50. The Morgan fingerprint density at radius 2 is 2.04 bits per heavy atom. The number of halogens is 1. The molecule has 0 aromatic heterocycles. The standard InChI is InChI=1S/C19H31FN4O/c1-21-19(22-11-12-23(2)16-7-5-6-8-16)24(3)14-15-9-10-18(25-4)17(20)13-15/h9-10,13,16H,5-8,11-12,14H2,1-4H3,(H,21,22). The summed E-state index contributed by atoms with van der Waals surface area (Å²) in [4.78, 5) is 8.76. The average Bonchev–Trinajstić information content (AvgIpc) is 3.13. The lowest BCUT2D eigenvalue weighted by atomic mass is 10.2. The summed E-state index contributed by atoms with van der Waals surface area (Å²) in [7, 11) is 7.40. The highest BCUT2D eigenvalue weighted by Gasteiger charge is 2.19. The maximum absolute atomic E-state index is 13.8. The summed E-state index contributed by atoms with van der Waals surface area (Å²) in [5.74, 6) is 0.745. The minimum absolute atomic E-state index is 0.267. The molecule has 2 rings (SSSR count). The highest BCUT2D eigenvalue weighted by Crippen LogP contribution is 2.22. The van der Waals surface area contributed by atoms with Crippen LogP contribution in [-0.2, 0) is 6.54 Å². The van der Waals surface area contributed by atoms with Gasteiger partial charge in [0.15, 0.2) is 17.5 Å². The van der Waals surface area contributed by atoms with Gasteiger partial charge in [0.25, 0.3) is 0 Å². The van der Waals surface area contributed by atoms with Gasteiger partial charge in [-0.25, -0.2) is 4.39 Å². The summed E-state index contributed by atoms with van der Waals surface area (Å²) < 4.78 is 18.8. The van der Waals surface area contributed by atoms with Gasteiger partial charge in [-0.2, -0.15) is 0 Å². The van der Waals surface area contributed by atoms with E-state index in [4.69, 9.17) is 4.74 Å². The van der Waals surface area contributed by atoms with Crippen molar-refractivity contribution >= 4 is 5.96 Å². The molecule has 0 saturated heterocycles. The molecular weight excluding hydrogens is 319 g/mol. The summed E-state index contributed by atoms with van der Waals surface area (Å²) in [6.07, 6.45) is 5.33. The lowest BCUT2D eigenvalue weighted by Gasteiger charge is -2.26. The van der Waals surface area contributed by atoms with Crippen molar-refractivity contribution in [2.75, 3.05) is 41.3 Å². The second-order valence-corrected chi connectivity index (χ2v) is 6.72. The number of methoxy groups -OCH3 is 1. The van der Waals surface area contributed by atoms with Crippen molar-refractivity contribution in [3.63, 3.8) is 0 Å². The quantitative estimate of drug-likeness (QED) is 0.606. The Morgan fingerprint density at radius 3 is 2.64 bits per heavy atom. The van der Waals surface area contributed by atoms with E-state index in [0.717, 1.165) is 30.7 Å². The van der Waals surface area contributed by atoms with E-state index in [2.05, 4.69) is 22.3 Å². The average molecular weight is 350 g/mol. The predicted molar refractivity (Wildman–Crippen MR) is 101 cm³/mol. The van der Waals surface area contributed by atoms with E-state index in [0.29, 0.717) is 6.54 Å². The molecule has 0 aliphatic heterocycles. The van der Waals surface area contributed by atoms with E-state index in [1.54, 1.807) is 13.1 Å². The first-order valence-electron chi connectivity index (χ1n) is 8.99. The number of likely N-dealkylation sites (N-methyl/N-ethyl adjacent to an activating group) is 1. The van der Waals surface area contributed by atoms with Crippen LogP contribution in [-0.4, -0.2) is 63.1 Å². The van der Waals surface area contributed by atoms with Crippen molar-refractivity contribution in [3.8, 4) is 5.75 Å². The summed E-state index contributed by atoms with van der Waals surface area (Å²) in [6, 6.07) is 5.77. The highest BCUT2D eigenvalue weighted by molar-refractivity contribution is 5.79. The van der Waals surface area contributed by atoms with Gasteiger partial charge in [0.05, 0.1) is 7.11 Å². The van der Waals surface area contributed by atoms with Crippen molar-refractivity contribution in [2.45, 2.75) is 38.3 Å². The minimum Gasteiger partial charge on any atom is -0.494 e. The van der Waals surface area contributed by atoms with Gasteiger partial charge in [-0.1, -0.05) is 18.9 Å². The zero-order valence-corrected chi connectivity index (χ0v) is 15.9. The molecule has 5 nitrogen and oxygen atoms in total. The molecule has 0 heterocycles. The molecular formula is C19H31FN4O. The largest absolute Gasteiger partial charge is 0.494 e. The number of aliphatic imine (C=N–C) groups is 1. The van der Waals surface area contributed by atoms with Crippen LogP contribution >= 0.6 is 0 Å². The molecule has 0 spiro atoms. The van der Waals surface area contributed by atoms with Crippen LogP contribution in [0.5, 0.6) is 5.75 Å². The summed E-state index contributed by atoms with van der Waals surface area (Å²) in [6.45, 7) is 2.43. The Bertz CT molecular complexity index is 573. The SMILES string of the molecule is CN=C(NCCN(C)C1CCCC1)N(C)Cc1ccc(OC)c(F)c1. The number of nitrogens with one attached hydrogen (secondary N) is 1. The van der Waals surface area contributed by atoms with Crippen LogP contribution in [0, 0.1) is 5.82 Å². The number of ether oxygens (including phenoxy) is 1. The van der Waals surface area contributed by atoms with Crippen molar-refractivity contribution < 1.29 is 9.13 Å². The number of nitrogens with zero attached hydrogens (tertiary/aromatic N) is 3. The van der Waals surface area contributed by atoms with Crippen molar-refractivity contribution in [3.05, 3.63) is 29.6 Å². The molecule has 1 aromatic carbocycles. The van der Waals surface area contributed by atoms with Gasteiger partial charge in [-0.05, 0) is 37.6 Å². The molecule has 1 fully saturated rings. The van der Waals surface area contributed by atoms with Crippen LogP contribution < -0.4 is 10.1 Å². The molecule has 0 radical (unpaired) electrons. The van der Waals surface area contributed by atoms with Gasteiger partial charge in [-0.15, -0.1) is 0 Å². The zero-order valence-electron chi connectivity index (χ0n) is 15.9. The monoisotopic (exact) mass is 350 g/mol. The number of guanidine groups is 1. The number of hydrogen-bond acceptors (Lipinski definition) is 3. The van der Waals surface area contributed by atoms with Crippen molar-refractivity contribution in [1.29, 1.82) is 0 Å². The third kappa shape index (κ3) is 5.59. The molecule has 25 heavy (non-hydrogen) atoms. The molecule has 0 atom stereocenters. The fraction of sp³-hybridized carbons (Fsp3) is 0.632. The number of benzene rings is 1. The van der Waals surface area contributed by atoms with Crippen LogP contribution in [0.2, 0.25) is 0 Å². The molecule has 1 aliphatic rings. The first-order chi connectivity index (χ1) is 12.0. The first kappa shape index (κ1) is 19.5. The van der Waals surface area contributed by atoms with E-state index in [1.807, 2.05) is 18.0 Å². The third-order valence-corrected chi connectivity index (χ3v) is 4.90. The van der Waals surface area contributed by atoms with Gasteiger partial charge >= 0.3 is 0 Å². The van der Waals surface area contributed by atoms with E-state index in [1.165, 1.54) is 38.9 Å². The van der Waals surface area contributed by atoms with Gasteiger partial charge in [0.1, 0.15) is 0 Å². The Morgan fingerprint density at radius 1 is 1.32 bits per heavy atom. The summed E-state index contributed by atoms with van der Waals surface area (Å²) >= 11 is 0. The molecule has 1 aromatic rings. The first-order valence-corrected chi connectivity index (χ1v) is 8.99. The van der Waals surface area contributed by atoms with Crippen LogP contribution in [0.4, 0.5) is 4.39 Å². The molecule has 1 saturated carbocycles. The molecule has 0 bridgehead atoms. The number of hydrogen-bond donors (Lipinski definition) is 1.